The van der Waals surface area contributed by atoms with Gasteiger partial charge in [0.1, 0.15) is 5.15 Å². The van der Waals surface area contributed by atoms with Gasteiger partial charge in [-0.15, -0.1) is 11.3 Å². The van der Waals surface area contributed by atoms with Crippen molar-refractivity contribution in [2.24, 2.45) is 0 Å². The Morgan fingerprint density at radius 1 is 1.42 bits per heavy atom. The van der Waals surface area contributed by atoms with Crippen molar-refractivity contribution in [3.8, 4) is 5.88 Å². The molecule has 0 saturated carbocycles. The van der Waals surface area contributed by atoms with Crippen molar-refractivity contribution < 1.29 is 13.2 Å². The molecule has 10 heteroatoms. The molecule has 2 rings (SSSR count). The molecule has 0 atom stereocenters. The van der Waals surface area contributed by atoms with Crippen molar-refractivity contribution in [3.63, 3.8) is 0 Å². The van der Waals surface area contributed by atoms with Gasteiger partial charge in [-0.05, 0) is 6.92 Å². The predicted molar refractivity (Wildman–Crippen MR) is 71.3 cm³/mol. The first-order valence-corrected chi connectivity index (χ1v) is 7.62. The van der Waals surface area contributed by atoms with E-state index in [1.807, 2.05) is 0 Å². The van der Waals surface area contributed by atoms with Gasteiger partial charge in [0.05, 0.1) is 18.3 Å². The van der Waals surface area contributed by atoms with E-state index in [-0.39, 0.29) is 21.2 Å². The number of hydrogen-bond acceptors (Lipinski definition) is 7. The van der Waals surface area contributed by atoms with Crippen LogP contribution in [0.5, 0.6) is 5.88 Å². The van der Waals surface area contributed by atoms with E-state index in [2.05, 4.69) is 19.7 Å². The third-order valence-electron chi connectivity index (χ3n) is 1.97. The molecule has 0 aliphatic heterocycles. The van der Waals surface area contributed by atoms with Gasteiger partial charge in [-0.3, -0.25) is 0 Å². The Morgan fingerprint density at radius 2 is 2.16 bits per heavy atom. The SMILES string of the molecule is COc1cc(Cl)nc(NS(=O)(=O)c2cnc(C)s2)n1. The fourth-order valence-corrected chi connectivity index (χ4v) is 3.41. The van der Waals surface area contributed by atoms with Crippen LogP contribution in [0.25, 0.3) is 0 Å². The van der Waals surface area contributed by atoms with Gasteiger partial charge < -0.3 is 4.74 Å². The number of aryl methyl sites for hydroxylation is 1. The lowest BCUT2D eigenvalue weighted by molar-refractivity contribution is 0.397. The molecule has 0 aliphatic rings. The molecule has 0 aliphatic carbocycles. The summed E-state index contributed by atoms with van der Waals surface area (Å²) in [6.07, 6.45) is 1.27. The number of nitrogens with zero attached hydrogens (tertiary/aromatic N) is 3. The van der Waals surface area contributed by atoms with Crippen LogP contribution in [0.2, 0.25) is 5.15 Å². The summed E-state index contributed by atoms with van der Waals surface area (Å²) in [5.74, 6) is 0.00795. The number of nitrogens with one attached hydrogen (secondary N) is 1. The van der Waals surface area contributed by atoms with E-state index >= 15 is 0 Å². The van der Waals surface area contributed by atoms with Gasteiger partial charge in [0, 0.05) is 6.07 Å². The average Bonchev–Trinajstić information content (AvgIpc) is 2.75. The van der Waals surface area contributed by atoms with Gasteiger partial charge >= 0.3 is 0 Å². The van der Waals surface area contributed by atoms with Gasteiger partial charge in [0.2, 0.25) is 11.8 Å². The lowest BCUT2D eigenvalue weighted by Crippen LogP contribution is -2.14. The molecule has 2 aromatic rings. The molecule has 0 saturated heterocycles. The first-order valence-electron chi connectivity index (χ1n) is 4.94. The molecule has 0 bridgehead atoms. The van der Waals surface area contributed by atoms with Crippen LogP contribution in [-0.2, 0) is 10.0 Å². The summed E-state index contributed by atoms with van der Waals surface area (Å²) in [4.78, 5) is 11.5. The number of sulfonamides is 1. The maximum Gasteiger partial charge on any atom is 0.275 e. The maximum atomic E-state index is 12.0. The number of rotatable bonds is 4. The van der Waals surface area contributed by atoms with Gasteiger partial charge in [-0.1, -0.05) is 11.6 Å². The Bertz CT molecular complexity index is 701. The molecule has 0 aromatic carbocycles. The predicted octanol–water partition coefficient (Wildman–Crippen LogP) is 1.70. The van der Waals surface area contributed by atoms with E-state index < -0.39 is 10.0 Å². The molecule has 0 fully saturated rings. The van der Waals surface area contributed by atoms with Crippen molar-refractivity contribution in [1.29, 1.82) is 0 Å². The zero-order valence-corrected chi connectivity index (χ0v) is 12.3. The Morgan fingerprint density at radius 3 is 2.74 bits per heavy atom. The van der Waals surface area contributed by atoms with Crippen LogP contribution < -0.4 is 9.46 Å². The smallest absolute Gasteiger partial charge is 0.275 e. The second-order valence-electron chi connectivity index (χ2n) is 3.36. The zero-order chi connectivity index (χ0) is 14.0. The maximum absolute atomic E-state index is 12.0. The molecular formula is C9H9ClN4O3S2. The zero-order valence-electron chi connectivity index (χ0n) is 9.92. The number of ether oxygens (including phenoxy) is 1. The van der Waals surface area contributed by atoms with Gasteiger partial charge in [-0.2, -0.15) is 4.98 Å². The summed E-state index contributed by atoms with van der Waals surface area (Å²) in [6, 6.07) is 1.37. The standard InChI is InChI=1S/C9H9ClN4O3S2/c1-5-11-4-8(18-5)19(15,16)14-9-12-6(10)3-7(13-9)17-2/h3-4H,1-2H3,(H,12,13,14). The van der Waals surface area contributed by atoms with Crippen molar-refractivity contribution in [1.82, 2.24) is 15.0 Å². The second kappa shape index (κ2) is 5.27. The molecule has 2 heterocycles. The highest BCUT2D eigenvalue weighted by Gasteiger charge is 2.19. The highest BCUT2D eigenvalue weighted by Crippen LogP contribution is 2.22. The van der Waals surface area contributed by atoms with Gasteiger partial charge in [0.25, 0.3) is 10.0 Å². The average molecular weight is 321 g/mol. The van der Waals surface area contributed by atoms with Crippen LogP contribution in [0, 0.1) is 6.92 Å². The van der Waals surface area contributed by atoms with Crippen LogP contribution >= 0.6 is 22.9 Å². The molecule has 19 heavy (non-hydrogen) atoms. The van der Waals surface area contributed by atoms with E-state index in [0.29, 0.717) is 5.01 Å². The lowest BCUT2D eigenvalue weighted by Gasteiger charge is -2.06. The van der Waals surface area contributed by atoms with E-state index in [1.165, 1.54) is 19.4 Å². The third-order valence-corrected chi connectivity index (χ3v) is 4.87. The fraction of sp³-hybridized carbons (Fsp3) is 0.222. The fourth-order valence-electron chi connectivity index (χ4n) is 1.18. The van der Waals surface area contributed by atoms with E-state index in [1.54, 1.807) is 6.92 Å². The third kappa shape index (κ3) is 3.31. The minimum atomic E-state index is -3.77. The Kier molecular flexibility index (Phi) is 3.88. The van der Waals surface area contributed by atoms with E-state index in [4.69, 9.17) is 16.3 Å². The normalized spacial score (nSPS) is 11.3. The van der Waals surface area contributed by atoms with Crippen LogP contribution in [-0.4, -0.2) is 30.5 Å². The molecule has 0 unspecified atom stereocenters. The van der Waals surface area contributed by atoms with Crippen LogP contribution in [0.1, 0.15) is 5.01 Å². The summed E-state index contributed by atoms with van der Waals surface area (Å²) in [6.45, 7) is 1.71. The first kappa shape index (κ1) is 14.0. The van der Waals surface area contributed by atoms with Crippen molar-refractivity contribution in [2.45, 2.75) is 11.1 Å². The molecule has 102 valence electrons. The topological polar surface area (TPSA) is 94.1 Å². The monoisotopic (exact) mass is 320 g/mol. The van der Waals surface area contributed by atoms with Gasteiger partial charge in [0.15, 0.2) is 4.21 Å². The molecule has 7 nitrogen and oxygen atoms in total. The van der Waals surface area contributed by atoms with Gasteiger partial charge in [-0.25, -0.2) is 23.1 Å². The van der Waals surface area contributed by atoms with Crippen molar-refractivity contribution in [3.05, 3.63) is 22.4 Å². The number of halogens is 1. The molecule has 2 aromatic heterocycles. The molecule has 0 amide bonds. The Hall–Kier alpha value is -1.45. The van der Waals surface area contributed by atoms with Crippen LogP contribution in [0.3, 0.4) is 0 Å². The van der Waals surface area contributed by atoms with E-state index in [0.717, 1.165) is 11.3 Å². The van der Waals surface area contributed by atoms with E-state index in [9.17, 15) is 8.42 Å². The molecule has 0 radical (unpaired) electrons. The molecule has 0 spiro atoms. The number of methoxy groups -OCH3 is 1. The summed E-state index contributed by atoms with van der Waals surface area (Å²) in [7, 11) is -2.38. The highest BCUT2D eigenvalue weighted by atomic mass is 35.5. The Balaban J connectivity index is 2.32. The first-order chi connectivity index (χ1) is 8.90. The number of hydrogen-bond donors (Lipinski definition) is 1. The van der Waals surface area contributed by atoms with Crippen LogP contribution in [0.15, 0.2) is 16.5 Å². The minimum Gasteiger partial charge on any atom is -0.481 e. The second-order valence-corrected chi connectivity index (χ2v) is 6.89. The van der Waals surface area contributed by atoms with Crippen molar-refractivity contribution in [2.75, 3.05) is 11.8 Å². The Labute approximate surface area is 118 Å². The molecular weight excluding hydrogens is 312 g/mol. The minimum absolute atomic E-state index is 0.0741. The number of thiazole rings is 1. The lowest BCUT2D eigenvalue weighted by atomic mass is 10.6. The van der Waals surface area contributed by atoms with Crippen molar-refractivity contribution >= 4 is 38.9 Å². The highest BCUT2D eigenvalue weighted by molar-refractivity contribution is 7.94. The summed E-state index contributed by atoms with van der Waals surface area (Å²) >= 11 is 6.78. The number of aromatic nitrogens is 3. The largest absolute Gasteiger partial charge is 0.481 e. The summed E-state index contributed by atoms with van der Waals surface area (Å²) < 4.78 is 31.2. The molecule has 1 N–H and O–H groups in total. The summed E-state index contributed by atoms with van der Waals surface area (Å²) in [5, 5.41) is 0.718. The quantitative estimate of drug-likeness (QED) is 0.862. The number of anilines is 1. The summed E-state index contributed by atoms with van der Waals surface area (Å²) in [5.41, 5.74) is 0. The van der Waals surface area contributed by atoms with Crippen LogP contribution in [0.4, 0.5) is 5.95 Å².